The molecule has 20 rings (SSSR count). The van der Waals surface area contributed by atoms with E-state index < -0.39 is 236 Å². The molecule has 14 aromatic rings. The number of benzene rings is 14. The first-order chi connectivity index (χ1) is 61.2. The summed E-state index contributed by atoms with van der Waals surface area (Å²) >= 11 is 0. The van der Waals surface area contributed by atoms with Crippen LogP contribution in [0.15, 0.2) is 303 Å². The fourth-order valence-corrected chi connectivity index (χ4v) is 15.1. The first-order valence-electron chi connectivity index (χ1n) is 46.5. The van der Waals surface area contributed by atoms with Crippen LogP contribution in [0.1, 0.15) is 57.8 Å². The number of hydrogen-bond acceptors (Lipinski definition) is 9. The minimum atomic E-state index is -1.04. The second-order valence-corrected chi connectivity index (χ2v) is 24.4. The normalized spacial score (nSPS) is 17.4. The molecule has 99 heavy (non-hydrogen) atoms. The van der Waals surface area contributed by atoms with E-state index in [0.717, 1.165) is 20.3 Å². The second-order valence-electron chi connectivity index (χ2n) is 24.4. The zero-order valence-electron chi connectivity index (χ0n) is 82.2. The fourth-order valence-electron chi connectivity index (χ4n) is 15.1. The number of rotatable bonds is 10. The van der Waals surface area contributed by atoms with Gasteiger partial charge >= 0.3 is 0 Å². The molecule has 466 valence electrons. The Morgan fingerprint density at radius 2 is 0.677 bits per heavy atom. The maximum absolute atomic E-state index is 9.59. The van der Waals surface area contributed by atoms with Crippen LogP contribution in [0.4, 0.5) is 79.6 Å². The van der Waals surface area contributed by atoms with Crippen molar-refractivity contribution < 1.29 is 60.1 Å². The fraction of sp³-hybridized carbons (Fsp3) is 0.0345. The van der Waals surface area contributed by atoms with Crippen molar-refractivity contribution in [1.29, 1.82) is 0 Å². The standard InChI is InChI=1S/C87H60B3N5O4/c1-54-42-55(2)87(56(3)43-54)95-74-53-79-71(51-69(74)89-67-39-23-25-41-77(67)97-81-47-64(45-75(95)85(81)89)93(59-30-14-6-15-31-59)60-32-16-7-17-33-60)90-70-50-68-72(52-78(70)98-82-48-65(49-83(99-79)86(82)90)94(61-34-18-8-19-35-61)62-36-20-9-21-37-62)91-73-44-63(46-80-84(73)88(68)66-38-22-24-40-76(66)96-80)92(57-26-10-4-11-27-57)58-28-12-5-13-29-58/h4-53,91H,1-3H3/i4D,5D,6D,7D,8D,9D,10D,11D,12D,13D,14D,15D,16D,17D,18D,19D,20D,21D,26D,27D,28D,29D,30D,31D,32D,33D,34D,35D,36D,37D. The maximum Gasteiger partial charge on any atom is 0.260 e. The molecule has 6 heterocycles. The van der Waals surface area contributed by atoms with E-state index >= 15 is 0 Å². The summed E-state index contributed by atoms with van der Waals surface area (Å²) in [5, 5.41) is 3.58. The van der Waals surface area contributed by atoms with Gasteiger partial charge in [0, 0.05) is 98.7 Å². The predicted molar refractivity (Wildman–Crippen MR) is 409 cm³/mol. The molecule has 0 unspecified atom stereocenters. The molecule has 9 nitrogen and oxygen atoms in total. The van der Waals surface area contributed by atoms with Gasteiger partial charge in [-0.2, -0.15) is 0 Å². The summed E-state index contributed by atoms with van der Waals surface area (Å²) in [5.41, 5.74) is 4.84. The largest absolute Gasteiger partial charge is 0.458 e. The quantitative estimate of drug-likeness (QED) is 0.135. The van der Waals surface area contributed by atoms with Crippen LogP contribution in [0.2, 0.25) is 0 Å². The van der Waals surface area contributed by atoms with Crippen LogP contribution in [-0.2, 0) is 0 Å². The number of para-hydroxylation sites is 8. The van der Waals surface area contributed by atoms with Crippen molar-refractivity contribution in [3.63, 3.8) is 0 Å². The summed E-state index contributed by atoms with van der Waals surface area (Å²) < 4.78 is 303. The molecule has 0 amide bonds. The Hall–Kier alpha value is -12.5. The number of anilines is 14. The average Bonchev–Trinajstić information content (AvgIpc) is 0.742. The van der Waals surface area contributed by atoms with Crippen molar-refractivity contribution in [2.24, 2.45) is 0 Å². The molecule has 6 aliphatic heterocycles. The van der Waals surface area contributed by atoms with Gasteiger partial charge in [0.15, 0.2) is 0 Å². The van der Waals surface area contributed by atoms with Crippen molar-refractivity contribution >= 4 is 149 Å². The molecule has 0 radical (unpaired) electrons. The molecule has 0 atom stereocenters. The molecule has 12 heteroatoms. The van der Waals surface area contributed by atoms with Crippen molar-refractivity contribution in [2.75, 3.05) is 24.9 Å². The van der Waals surface area contributed by atoms with Gasteiger partial charge in [-0.15, -0.1) is 0 Å². The molecule has 0 saturated carbocycles. The van der Waals surface area contributed by atoms with Crippen molar-refractivity contribution in [3.05, 3.63) is 319 Å². The van der Waals surface area contributed by atoms with E-state index in [1.54, 1.807) is 42.5 Å². The van der Waals surface area contributed by atoms with Crippen LogP contribution in [0.5, 0.6) is 46.0 Å². The van der Waals surface area contributed by atoms with Gasteiger partial charge in [-0.05, 0) is 172 Å². The lowest BCUT2D eigenvalue weighted by atomic mass is 9.30. The Balaban J connectivity index is 0.874. The summed E-state index contributed by atoms with van der Waals surface area (Å²) in [6.45, 7) is 3.00. The molecule has 1 N–H and O–H groups in total. The van der Waals surface area contributed by atoms with Gasteiger partial charge in [0.2, 0.25) is 0 Å². The molecule has 0 fully saturated rings. The lowest BCUT2D eigenvalue weighted by Crippen LogP contribution is -2.64. The van der Waals surface area contributed by atoms with E-state index in [1.165, 1.54) is 30.3 Å². The first kappa shape index (κ1) is 34.4. The number of hydrogen-bond donors (Lipinski definition) is 1. The van der Waals surface area contributed by atoms with E-state index in [2.05, 4.69) is 5.32 Å². The molecule has 6 aliphatic rings. The van der Waals surface area contributed by atoms with E-state index in [9.17, 15) is 16.4 Å². The third kappa shape index (κ3) is 8.98. The van der Waals surface area contributed by atoms with Gasteiger partial charge in [0.05, 0.1) is 63.9 Å². The minimum absolute atomic E-state index is 0.0370. The Kier molecular flexibility index (Phi) is 7.75. The third-order valence-corrected chi connectivity index (χ3v) is 18.8. The zero-order chi connectivity index (χ0) is 91.7. The van der Waals surface area contributed by atoms with Crippen molar-refractivity contribution in [2.45, 2.75) is 20.8 Å². The highest BCUT2D eigenvalue weighted by molar-refractivity contribution is 7.03. The average molecular weight is 1300 g/mol. The highest BCUT2D eigenvalue weighted by Crippen LogP contribution is 2.51. The van der Waals surface area contributed by atoms with Crippen LogP contribution < -0.4 is 93.0 Å². The molecule has 0 saturated heterocycles. The summed E-state index contributed by atoms with van der Waals surface area (Å²) in [4.78, 5) is 4.98. The lowest BCUT2D eigenvalue weighted by molar-refractivity contribution is 0.465. The summed E-state index contributed by atoms with van der Waals surface area (Å²) in [7, 11) is 0. The topological polar surface area (TPSA) is 61.9 Å². The Morgan fingerprint density at radius 3 is 1.15 bits per heavy atom. The van der Waals surface area contributed by atoms with E-state index in [0.29, 0.717) is 94.5 Å². The Morgan fingerprint density at radius 1 is 0.303 bits per heavy atom. The van der Waals surface area contributed by atoms with Crippen molar-refractivity contribution in [3.8, 4) is 46.0 Å². The van der Waals surface area contributed by atoms with Gasteiger partial charge in [-0.1, -0.05) is 175 Å². The second kappa shape index (κ2) is 22.3. The molecular weight excluding hydrogens is 1210 g/mol. The molecule has 0 aliphatic carbocycles. The van der Waals surface area contributed by atoms with Crippen LogP contribution in [0.3, 0.4) is 0 Å². The van der Waals surface area contributed by atoms with Crippen molar-refractivity contribution in [1.82, 2.24) is 0 Å². The summed E-state index contributed by atoms with van der Waals surface area (Å²) in [5.74, 6) is 1.07. The molecule has 14 aromatic carbocycles. The van der Waals surface area contributed by atoms with Gasteiger partial charge < -0.3 is 43.9 Å². The SMILES string of the molecule is [2H]c1c([2H])c([2H])c(N(c2cc3c4c(c2)Oc2ccccc2B4c2cc4c(cc2N3)Oc2cc(N(c3c([2H])c([2H])c([2H])c([2H])c3[2H])c3c([2H])c([2H])c([2H])c([2H])c3[2H])cc3c2B4c2cc4c(cc2O3)N(c2c(C)cc(C)cc2C)c2cc(N(c3c([2H])c([2H])c([2H])c([2H])c3[2H])c3c([2H])c([2H])c([2H])c([2H])c3[2H])cc3c2B4c2ccccc2O3)c2c([2H])c([2H])c([2H])c([2H])c2[2H])c([2H])c1[2H]. The number of fused-ring (bicyclic) bond motifs is 12. The Labute approximate surface area is 618 Å². The number of aryl methyl sites for hydroxylation is 3. The van der Waals surface area contributed by atoms with Crippen LogP contribution >= 0.6 is 0 Å². The summed E-state index contributed by atoms with van der Waals surface area (Å²) in [6.07, 6.45) is 0. The molecule has 0 aromatic heterocycles. The summed E-state index contributed by atoms with van der Waals surface area (Å²) in [6, 6.07) is 10.6. The Bertz CT molecular complexity index is 7170. The zero-order valence-corrected chi connectivity index (χ0v) is 52.2. The molecule has 0 bridgehead atoms. The first-order valence-corrected chi connectivity index (χ1v) is 31.5. The van der Waals surface area contributed by atoms with Gasteiger partial charge in [0.25, 0.3) is 20.1 Å². The van der Waals surface area contributed by atoms with Crippen LogP contribution in [0.25, 0.3) is 0 Å². The monoisotopic (exact) mass is 1300 g/mol. The smallest absolute Gasteiger partial charge is 0.260 e. The third-order valence-electron chi connectivity index (χ3n) is 18.8. The van der Waals surface area contributed by atoms with Crippen LogP contribution in [-0.4, -0.2) is 20.1 Å². The highest BCUT2D eigenvalue weighted by atomic mass is 16.5. The minimum Gasteiger partial charge on any atom is -0.458 e. The molecule has 0 spiro atoms. The van der Waals surface area contributed by atoms with E-state index in [-0.39, 0.29) is 57.2 Å². The van der Waals surface area contributed by atoms with Gasteiger partial charge in [0.1, 0.15) is 46.0 Å². The number of nitrogens with zero attached hydrogens (tertiary/aromatic N) is 4. The number of ether oxygens (including phenoxy) is 4. The predicted octanol–water partition coefficient (Wildman–Crippen LogP) is 16.8. The van der Waals surface area contributed by atoms with Crippen LogP contribution in [0, 0.1) is 20.8 Å². The number of nitrogens with one attached hydrogen (secondary N) is 1. The lowest BCUT2D eigenvalue weighted by Gasteiger charge is -2.43. The maximum atomic E-state index is 9.59. The highest BCUT2D eigenvalue weighted by Gasteiger charge is 2.49. The van der Waals surface area contributed by atoms with E-state index in [1.807, 2.05) is 74.2 Å². The van der Waals surface area contributed by atoms with Gasteiger partial charge in [-0.25, -0.2) is 0 Å². The molecular formula is C87H60B3N5O4. The van der Waals surface area contributed by atoms with Gasteiger partial charge in [-0.3, -0.25) is 0 Å². The van der Waals surface area contributed by atoms with E-state index in [4.69, 9.17) is 43.6 Å².